The number of fused-ring (bicyclic) bond motifs is 2. The maximum atomic E-state index is 12.6. The summed E-state index contributed by atoms with van der Waals surface area (Å²) < 4.78 is 11.4. The zero-order chi connectivity index (χ0) is 26.9. The number of hydrogen-bond donors (Lipinski definition) is 2. The Bertz CT molecular complexity index is 1380. The van der Waals surface area contributed by atoms with E-state index in [1.54, 1.807) is 29.6 Å². The molecule has 2 N–H and O–H groups in total. The molecule has 3 aliphatic rings. The molecule has 0 saturated carbocycles. The van der Waals surface area contributed by atoms with Gasteiger partial charge in [0.2, 0.25) is 5.56 Å². The van der Waals surface area contributed by atoms with Gasteiger partial charge in [-0.25, -0.2) is 0 Å². The summed E-state index contributed by atoms with van der Waals surface area (Å²) in [7, 11) is 0. The molecule has 2 fully saturated rings. The molecule has 9 heteroatoms. The monoisotopic (exact) mass is 564 g/mol. The fraction of sp³-hybridized carbons (Fsp3) is 0.433. The summed E-state index contributed by atoms with van der Waals surface area (Å²) in [6, 6.07) is 17.2. The van der Waals surface area contributed by atoms with Crippen LogP contribution in [-0.4, -0.2) is 74.1 Å². The third-order valence-corrected chi connectivity index (χ3v) is 9.89. The van der Waals surface area contributed by atoms with Gasteiger partial charge in [0.15, 0.2) is 0 Å². The van der Waals surface area contributed by atoms with Crippen molar-refractivity contribution >= 4 is 34.9 Å². The van der Waals surface area contributed by atoms with Crippen LogP contribution in [0.25, 0.3) is 11.3 Å². The smallest absolute Gasteiger partial charge is 0.250 e. The first kappa shape index (κ1) is 26.8. The average molecular weight is 565 g/mol. The summed E-state index contributed by atoms with van der Waals surface area (Å²) in [6.07, 6.45) is 0.561. The molecular formula is C30H36N4O3S2. The molecule has 39 heavy (non-hydrogen) atoms. The third kappa shape index (κ3) is 6.18. The number of anilines is 2. The Morgan fingerprint density at radius 3 is 2.59 bits per heavy atom. The predicted octanol–water partition coefficient (Wildman–Crippen LogP) is 5.40. The van der Waals surface area contributed by atoms with Crippen molar-refractivity contribution in [3.05, 3.63) is 58.9 Å². The molecule has 0 bridgehead atoms. The van der Waals surface area contributed by atoms with Gasteiger partial charge in [-0.1, -0.05) is 35.7 Å². The first-order chi connectivity index (χ1) is 18.9. The molecule has 206 valence electrons. The molecule has 3 aromatic rings. The number of nitrogens with one attached hydrogen (secondary N) is 2. The van der Waals surface area contributed by atoms with Gasteiger partial charge in [-0.15, -0.1) is 0 Å². The van der Waals surface area contributed by atoms with Crippen LogP contribution in [0.2, 0.25) is 0 Å². The highest BCUT2D eigenvalue weighted by molar-refractivity contribution is 8.05. The van der Waals surface area contributed by atoms with Crippen LogP contribution in [-0.2, 0) is 9.47 Å². The normalized spacial score (nSPS) is 22.2. The predicted molar refractivity (Wildman–Crippen MR) is 160 cm³/mol. The number of morpholine rings is 2. The van der Waals surface area contributed by atoms with E-state index in [9.17, 15) is 4.79 Å². The lowest BCUT2D eigenvalue weighted by atomic mass is 10.1. The van der Waals surface area contributed by atoms with Crippen molar-refractivity contribution in [3.63, 3.8) is 0 Å². The number of aromatic nitrogens is 1. The van der Waals surface area contributed by atoms with Crippen molar-refractivity contribution in [1.29, 1.82) is 0 Å². The number of aromatic amines is 1. The summed E-state index contributed by atoms with van der Waals surface area (Å²) in [6.45, 7) is 12.5. The molecule has 0 amide bonds. The highest BCUT2D eigenvalue weighted by Crippen LogP contribution is 2.52. The number of ether oxygens (including phenoxy) is 2. The minimum Gasteiger partial charge on any atom is -0.381 e. The van der Waals surface area contributed by atoms with E-state index < -0.39 is 0 Å². The van der Waals surface area contributed by atoms with E-state index in [0.29, 0.717) is 19.3 Å². The van der Waals surface area contributed by atoms with E-state index >= 15 is 0 Å². The van der Waals surface area contributed by atoms with E-state index in [-0.39, 0.29) is 17.8 Å². The SMILES string of the molecule is CC(CN1C[C@@H](C)O[C@@H](C)C1)Nc1ccc2c(c1)Sc1cccc(-c3cc(N4CCOCC4)cc(=O)[nH]3)c1S2. The van der Waals surface area contributed by atoms with Crippen molar-refractivity contribution < 1.29 is 9.47 Å². The lowest BCUT2D eigenvalue weighted by Crippen LogP contribution is -2.48. The number of rotatable bonds is 6. The Morgan fingerprint density at radius 2 is 1.79 bits per heavy atom. The number of H-pyrrole nitrogens is 1. The Morgan fingerprint density at radius 1 is 1.00 bits per heavy atom. The van der Waals surface area contributed by atoms with Crippen LogP contribution in [0.3, 0.4) is 0 Å². The first-order valence-electron chi connectivity index (χ1n) is 13.8. The quantitative estimate of drug-likeness (QED) is 0.323. The Hall–Kier alpha value is -2.43. The van der Waals surface area contributed by atoms with Gasteiger partial charge >= 0.3 is 0 Å². The molecule has 1 unspecified atom stereocenters. The number of hydrogen-bond acceptors (Lipinski definition) is 8. The molecule has 0 spiro atoms. The van der Waals surface area contributed by atoms with E-state index in [1.165, 1.54) is 19.6 Å². The van der Waals surface area contributed by atoms with Gasteiger partial charge in [-0.2, -0.15) is 0 Å². The van der Waals surface area contributed by atoms with Gasteiger partial charge in [-0.3, -0.25) is 9.69 Å². The van der Waals surface area contributed by atoms with Crippen LogP contribution in [0.15, 0.2) is 72.9 Å². The maximum absolute atomic E-state index is 12.6. The maximum Gasteiger partial charge on any atom is 0.250 e. The van der Waals surface area contributed by atoms with E-state index in [4.69, 9.17) is 9.47 Å². The van der Waals surface area contributed by atoms with Crippen molar-refractivity contribution in [2.24, 2.45) is 0 Å². The first-order valence-corrected chi connectivity index (χ1v) is 15.4. The van der Waals surface area contributed by atoms with Gasteiger partial charge in [0.25, 0.3) is 0 Å². The zero-order valence-electron chi connectivity index (χ0n) is 22.7. The Labute approximate surface area is 238 Å². The lowest BCUT2D eigenvalue weighted by molar-refractivity contribution is -0.0683. The molecule has 3 aliphatic heterocycles. The summed E-state index contributed by atoms with van der Waals surface area (Å²) in [5.74, 6) is 0. The fourth-order valence-corrected chi connectivity index (χ4v) is 8.15. The van der Waals surface area contributed by atoms with Crippen LogP contribution in [0.5, 0.6) is 0 Å². The Balaban J connectivity index is 1.19. The zero-order valence-corrected chi connectivity index (χ0v) is 24.4. The minimum atomic E-state index is -0.0775. The third-order valence-electron chi connectivity index (χ3n) is 7.29. The Kier molecular flexibility index (Phi) is 7.95. The van der Waals surface area contributed by atoms with Crippen molar-refractivity contribution in [2.75, 3.05) is 56.2 Å². The molecule has 0 radical (unpaired) electrons. The second kappa shape index (κ2) is 11.6. The summed E-state index contributed by atoms with van der Waals surface area (Å²) in [4.78, 5) is 25.3. The van der Waals surface area contributed by atoms with E-state index in [2.05, 4.69) is 83.3 Å². The lowest BCUT2D eigenvalue weighted by Gasteiger charge is -2.36. The largest absolute Gasteiger partial charge is 0.381 e. The summed E-state index contributed by atoms with van der Waals surface area (Å²) in [5, 5.41) is 3.72. The number of benzene rings is 2. The number of nitrogens with zero attached hydrogens (tertiary/aromatic N) is 2. The van der Waals surface area contributed by atoms with Crippen LogP contribution in [0, 0.1) is 0 Å². The summed E-state index contributed by atoms with van der Waals surface area (Å²) in [5.41, 5.74) is 3.94. The molecule has 4 heterocycles. The molecule has 6 rings (SSSR count). The molecule has 2 aromatic carbocycles. The minimum absolute atomic E-state index is 0.0775. The van der Waals surface area contributed by atoms with Crippen LogP contribution in [0.4, 0.5) is 11.4 Å². The summed E-state index contributed by atoms with van der Waals surface area (Å²) >= 11 is 3.58. The molecule has 7 nitrogen and oxygen atoms in total. The average Bonchev–Trinajstić information content (AvgIpc) is 2.91. The standard InChI is InChI=1S/C30H36N4O3S2/c1-19(16-33-17-20(2)37-21(3)18-33)31-22-7-8-26-28(13-22)38-27-6-4-5-24(30(27)39-26)25-14-23(15-29(35)32-25)34-9-11-36-12-10-34/h4-8,13-15,19-21,31H,9-12,16-18H2,1-3H3,(H,32,35)/t19?,20-,21+. The molecule has 3 atom stereocenters. The number of pyridine rings is 1. The van der Waals surface area contributed by atoms with E-state index in [0.717, 1.165) is 55.4 Å². The van der Waals surface area contributed by atoms with Crippen molar-refractivity contribution in [3.8, 4) is 11.3 Å². The molecule has 0 aliphatic carbocycles. The van der Waals surface area contributed by atoms with Crippen molar-refractivity contribution in [1.82, 2.24) is 9.88 Å². The van der Waals surface area contributed by atoms with E-state index in [1.807, 2.05) is 0 Å². The highest BCUT2D eigenvalue weighted by atomic mass is 32.2. The van der Waals surface area contributed by atoms with Gasteiger partial charge in [0.1, 0.15) is 0 Å². The van der Waals surface area contributed by atoms with Gasteiger partial charge < -0.3 is 24.7 Å². The second-order valence-electron chi connectivity index (χ2n) is 10.7. The van der Waals surface area contributed by atoms with Crippen LogP contribution in [0.1, 0.15) is 20.8 Å². The van der Waals surface area contributed by atoms with Crippen molar-refractivity contribution in [2.45, 2.75) is 58.6 Å². The molecule has 2 saturated heterocycles. The van der Waals surface area contributed by atoms with Crippen LogP contribution < -0.4 is 15.8 Å². The topological polar surface area (TPSA) is 69.8 Å². The van der Waals surface area contributed by atoms with Crippen LogP contribution >= 0.6 is 23.5 Å². The fourth-order valence-electron chi connectivity index (χ4n) is 5.73. The van der Waals surface area contributed by atoms with Gasteiger partial charge in [0, 0.05) is 81.4 Å². The molecule has 1 aromatic heterocycles. The second-order valence-corrected chi connectivity index (χ2v) is 12.9. The highest BCUT2D eigenvalue weighted by Gasteiger charge is 2.25. The van der Waals surface area contributed by atoms with Gasteiger partial charge in [-0.05, 0) is 51.1 Å². The van der Waals surface area contributed by atoms with Gasteiger partial charge in [0.05, 0.1) is 31.1 Å². The molecular weight excluding hydrogens is 528 g/mol.